The van der Waals surface area contributed by atoms with Crippen LogP contribution in [0.15, 0.2) is 41.7 Å². The normalized spacial score (nSPS) is 18.7. The van der Waals surface area contributed by atoms with Gasteiger partial charge in [0, 0.05) is 19.3 Å². The Balaban J connectivity index is 1.75. The molecule has 3 heterocycles. The van der Waals surface area contributed by atoms with Crippen LogP contribution in [0.4, 0.5) is 30.6 Å². The Bertz CT molecular complexity index is 1110. The van der Waals surface area contributed by atoms with Crippen LogP contribution in [0.5, 0.6) is 0 Å². The van der Waals surface area contributed by atoms with E-state index in [1.165, 1.54) is 12.1 Å². The molecular formula is C23H25F3N6O. The van der Waals surface area contributed by atoms with Crippen LogP contribution in [0, 0.1) is 0 Å². The minimum Gasteiger partial charge on any atom is -0.340 e. The number of amides is 1. The molecule has 2 aromatic rings. The van der Waals surface area contributed by atoms with Gasteiger partial charge >= 0.3 is 6.18 Å². The van der Waals surface area contributed by atoms with Crippen molar-refractivity contribution in [1.82, 2.24) is 9.97 Å². The van der Waals surface area contributed by atoms with Crippen LogP contribution < -0.4 is 14.7 Å². The molecule has 1 aromatic carbocycles. The van der Waals surface area contributed by atoms with Gasteiger partial charge < -0.3 is 14.7 Å². The second-order valence-electron chi connectivity index (χ2n) is 8.23. The minimum absolute atomic E-state index is 0.00880. The van der Waals surface area contributed by atoms with E-state index >= 15 is 0 Å². The lowest BCUT2D eigenvalue weighted by molar-refractivity contribution is -0.137. The molecule has 33 heavy (non-hydrogen) atoms. The Kier molecular flexibility index (Phi) is 5.85. The topological polar surface area (TPSA) is 64.9 Å². The van der Waals surface area contributed by atoms with Gasteiger partial charge in [-0.15, -0.1) is 0 Å². The zero-order chi connectivity index (χ0) is 23.9. The average Bonchev–Trinajstić information content (AvgIpc) is 2.80. The molecule has 0 radical (unpaired) electrons. The van der Waals surface area contributed by atoms with Gasteiger partial charge in [-0.2, -0.15) is 18.2 Å². The molecule has 1 atom stereocenters. The van der Waals surface area contributed by atoms with Crippen LogP contribution in [0.1, 0.15) is 38.3 Å². The number of anilines is 3. The number of hydrogen-bond acceptors (Lipinski definition) is 6. The summed E-state index contributed by atoms with van der Waals surface area (Å²) >= 11 is 0. The zero-order valence-electron chi connectivity index (χ0n) is 18.8. The van der Waals surface area contributed by atoms with Crippen LogP contribution in [0.2, 0.25) is 0 Å². The maximum absolute atomic E-state index is 13.0. The third-order valence-corrected chi connectivity index (χ3v) is 5.84. The van der Waals surface area contributed by atoms with Gasteiger partial charge in [0.05, 0.1) is 30.2 Å². The molecule has 0 spiro atoms. The number of nitrogens with zero attached hydrogens (tertiary/aromatic N) is 6. The largest absolute Gasteiger partial charge is 0.416 e. The summed E-state index contributed by atoms with van der Waals surface area (Å²) in [5.41, 5.74) is 1.07. The minimum atomic E-state index is -4.40. The van der Waals surface area contributed by atoms with E-state index in [1.807, 2.05) is 25.7 Å². The molecule has 4 rings (SSSR count). The summed E-state index contributed by atoms with van der Waals surface area (Å²) in [6.45, 7) is 6.34. The van der Waals surface area contributed by atoms with E-state index < -0.39 is 11.7 Å². The fraction of sp³-hybridized carbons (Fsp3) is 0.391. The van der Waals surface area contributed by atoms with Crippen molar-refractivity contribution in [3.8, 4) is 0 Å². The first-order chi connectivity index (χ1) is 15.6. The molecule has 0 bridgehead atoms. The van der Waals surface area contributed by atoms with Crippen molar-refractivity contribution in [3.05, 3.63) is 47.8 Å². The molecule has 1 aromatic heterocycles. The molecule has 0 N–H and O–H groups in total. The van der Waals surface area contributed by atoms with Crippen LogP contribution in [-0.2, 0) is 11.0 Å². The van der Waals surface area contributed by atoms with Crippen LogP contribution in [0.25, 0.3) is 5.70 Å². The monoisotopic (exact) mass is 458 g/mol. The van der Waals surface area contributed by atoms with Gasteiger partial charge in [0.25, 0.3) is 0 Å². The molecule has 1 amide bonds. The van der Waals surface area contributed by atoms with Crippen LogP contribution in [0.3, 0.4) is 0 Å². The van der Waals surface area contributed by atoms with Gasteiger partial charge in [-0.25, -0.2) is 4.98 Å². The first kappa shape index (κ1) is 22.8. The summed E-state index contributed by atoms with van der Waals surface area (Å²) in [5.74, 6) is 1.03. The summed E-state index contributed by atoms with van der Waals surface area (Å²) in [5, 5.41) is 0. The third-order valence-electron chi connectivity index (χ3n) is 5.84. The Morgan fingerprint density at radius 1 is 1.18 bits per heavy atom. The molecule has 0 fully saturated rings. The van der Waals surface area contributed by atoms with Gasteiger partial charge in [0.1, 0.15) is 11.7 Å². The molecule has 0 saturated carbocycles. The highest BCUT2D eigenvalue weighted by Crippen LogP contribution is 2.38. The lowest BCUT2D eigenvalue weighted by Crippen LogP contribution is -2.55. The van der Waals surface area contributed by atoms with Crippen molar-refractivity contribution in [2.75, 3.05) is 28.3 Å². The number of aromatic nitrogens is 2. The van der Waals surface area contributed by atoms with Crippen LogP contribution >= 0.6 is 0 Å². The Morgan fingerprint density at radius 3 is 2.48 bits per heavy atom. The number of fused-ring (bicyclic) bond motifs is 1. The van der Waals surface area contributed by atoms with Gasteiger partial charge in [0.15, 0.2) is 5.82 Å². The van der Waals surface area contributed by atoms with E-state index in [1.54, 1.807) is 35.5 Å². The van der Waals surface area contributed by atoms with Gasteiger partial charge in [-0.05, 0) is 38.0 Å². The van der Waals surface area contributed by atoms with Gasteiger partial charge in [-0.3, -0.25) is 9.79 Å². The lowest BCUT2D eigenvalue weighted by atomic mass is 10.1. The van der Waals surface area contributed by atoms with E-state index in [9.17, 15) is 18.0 Å². The highest BCUT2D eigenvalue weighted by molar-refractivity contribution is 6.04. The molecule has 174 valence electrons. The van der Waals surface area contributed by atoms with Crippen molar-refractivity contribution in [1.29, 1.82) is 0 Å². The number of hydrogen-bond donors (Lipinski definition) is 0. The second kappa shape index (κ2) is 8.49. The van der Waals surface area contributed by atoms with Crippen molar-refractivity contribution in [3.63, 3.8) is 0 Å². The number of likely N-dealkylation sites (N-methyl/N-ethyl adjacent to an activating group) is 1. The van der Waals surface area contributed by atoms with Crippen molar-refractivity contribution < 1.29 is 18.0 Å². The highest BCUT2D eigenvalue weighted by Gasteiger charge is 2.39. The number of carbonyl (C=O) groups is 1. The predicted octanol–water partition coefficient (Wildman–Crippen LogP) is 4.35. The predicted molar refractivity (Wildman–Crippen MR) is 122 cm³/mol. The highest BCUT2D eigenvalue weighted by atomic mass is 19.4. The fourth-order valence-corrected chi connectivity index (χ4v) is 4.17. The number of benzene rings is 1. The summed E-state index contributed by atoms with van der Waals surface area (Å²) in [6.07, 6.45) is 1.11. The summed E-state index contributed by atoms with van der Waals surface area (Å²) in [6, 6.07) is 4.63. The Hall–Kier alpha value is -3.43. The number of rotatable bonds is 4. The molecule has 2 aliphatic heterocycles. The fourth-order valence-electron chi connectivity index (χ4n) is 4.17. The van der Waals surface area contributed by atoms with Crippen molar-refractivity contribution in [2.24, 2.45) is 4.99 Å². The first-order valence-electron chi connectivity index (χ1n) is 10.7. The molecule has 0 aliphatic carbocycles. The van der Waals surface area contributed by atoms with E-state index in [4.69, 9.17) is 4.98 Å². The lowest BCUT2D eigenvalue weighted by Gasteiger charge is -2.42. The number of aliphatic imine (C=N–C) groups is 1. The molecule has 10 heteroatoms. The first-order valence-corrected chi connectivity index (χ1v) is 10.7. The number of alkyl halides is 3. The van der Waals surface area contributed by atoms with E-state index in [0.717, 1.165) is 12.1 Å². The van der Waals surface area contributed by atoms with E-state index in [2.05, 4.69) is 9.98 Å². The van der Waals surface area contributed by atoms with Crippen LogP contribution in [-0.4, -0.2) is 47.8 Å². The number of halogens is 3. The molecule has 7 nitrogen and oxygen atoms in total. The van der Waals surface area contributed by atoms with Crippen molar-refractivity contribution in [2.45, 2.75) is 45.5 Å². The molecule has 0 saturated heterocycles. The Morgan fingerprint density at radius 2 is 1.88 bits per heavy atom. The summed E-state index contributed by atoms with van der Waals surface area (Å²) < 4.78 is 39.0. The molecule has 0 unspecified atom stereocenters. The maximum Gasteiger partial charge on any atom is 0.416 e. The quantitative estimate of drug-likeness (QED) is 0.682. The maximum atomic E-state index is 13.0. The Labute approximate surface area is 190 Å². The van der Waals surface area contributed by atoms with Gasteiger partial charge in [0.2, 0.25) is 11.9 Å². The van der Waals surface area contributed by atoms with Gasteiger partial charge in [-0.1, -0.05) is 19.1 Å². The van der Waals surface area contributed by atoms with Crippen molar-refractivity contribution >= 4 is 35.3 Å². The smallest absolute Gasteiger partial charge is 0.340 e. The summed E-state index contributed by atoms with van der Waals surface area (Å²) in [4.78, 5) is 31.7. The zero-order valence-corrected chi connectivity index (χ0v) is 18.8. The second-order valence-corrected chi connectivity index (χ2v) is 8.23. The average molecular weight is 458 g/mol. The van der Waals surface area contributed by atoms with E-state index in [0.29, 0.717) is 41.7 Å². The SMILES string of the molecule is CC[C@@H]1C(=O)N(C)c2cnc(N3CC=NC=C3c3ccc(C(F)(F)F)cc3)nc2N1C(C)C. The number of carbonyl (C=O) groups excluding carboxylic acids is 1. The molecular weight excluding hydrogens is 433 g/mol. The standard InChI is InChI=1S/C23H25F3N6O/c1-5-17-21(33)30(4)19-13-28-22(29-20(19)32(17)14(2)3)31-11-10-27-12-18(31)15-6-8-16(9-7-15)23(24,25)26/h6-10,12-14,17H,5,11H2,1-4H3/t17-/m1/s1. The summed E-state index contributed by atoms with van der Waals surface area (Å²) in [7, 11) is 1.71. The third kappa shape index (κ3) is 4.05. The molecule has 2 aliphatic rings. The van der Waals surface area contributed by atoms with E-state index in [-0.39, 0.29) is 18.0 Å².